The van der Waals surface area contributed by atoms with E-state index in [9.17, 15) is 13.2 Å². The molecule has 4 rings (SSSR count). The monoisotopic (exact) mass is 462 g/mol. The second-order valence-electron chi connectivity index (χ2n) is 7.61. The number of nitrogens with zero attached hydrogens (tertiary/aromatic N) is 4. The lowest BCUT2D eigenvalue weighted by molar-refractivity contribution is 0.102. The second kappa shape index (κ2) is 8.83. The number of aromatic nitrogens is 4. The first-order valence-corrected chi connectivity index (χ1v) is 11.6. The van der Waals surface area contributed by atoms with Gasteiger partial charge in [-0.05, 0) is 90.4 Å². The molecule has 0 saturated carbocycles. The number of rotatable bonds is 6. The molecule has 4 aromatic rings. The number of carbonyl (C=O) groups is 1. The van der Waals surface area contributed by atoms with Gasteiger partial charge in [-0.2, -0.15) is 0 Å². The maximum absolute atomic E-state index is 12.8. The largest absolute Gasteiger partial charge is 0.322 e. The average Bonchev–Trinajstić information content (AvgIpc) is 3.31. The summed E-state index contributed by atoms with van der Waals surface area (Å²) < 4.78 is 29.8. The molecule has 1 aromatic heterocycles. The van der Waals surface area contributed by atoms with E-state index < -0.39 is 10.0 Å². The maximum atomic E-state index is 12.8. The SMILES string of the molecule is Cc1cc(C(=O)Nc2ccc(S(=O)(=O)Nc3c(C)cccc3C)cc2)ccc1-n1cnnn1. The van der Waals surface area contributed by atoms with Crippen LogP contribution in [0.2, 0.25) is 0 Å². The standard InChI is InChI=1S/C23H22N6O3S/c1-15-5-4-6-16(2)22(15)26-33(31,32)20-10-8-19(9-11-20)25-23(30)18-7-12-21(17(3)13-18)29-14-24-27-28-29/h4-14,26H,1-3H3,(H,25,30). The summed E-state index contributed by atoms with van der Waals surface area (Å²) in [4.78, 5) is 12.8. The molecule has 33 heavy (non-hydrogen) atoms. The molecule has 0 aliphatic rings. The van der Waals surface area contributed by atoms with Crippen LogP contribution in [0, 0.1) is 20.8 Å². The highest BCUT2D eigenvalue weighted by atomic mass is 32.2. The fourth-order valence-corrected chi connectivity index (χ4v) is 4.62. The molecule has 10 heteroatoms. The van der Waals surface area contributed by atoms with Gasteiger partial charge in [0.25, 0.3) is 15.9 Å². The van der Waals surface area contributed by atoms with Gasteiger partial charge in [0.2, 0.25) is 0 Å². The molecular formula is C23H22N6O3S. The van der Waals surface area contributed by atoms with Gasteiger partial charge in [-0.3, -0.25) is 9.52 Å². The molecule has 3 aromatic carbocycles. The zero-order valence-electron chi connectivity index (χ0n) is 18.3. The molecule has 2 N–H and O–H groups in total. The molecular weight excluding hydrogens is 440 g/mol. The van der Waals surface area contributed by atoms with Crippen LogP contribution < -0.4 is 10.0 Å². The van der Waals surface area contributed by atoms with Crippen LogP contribution in [0.3, 0.4) is 0 Å². The van der Waals surface area contributed by atoms with Crippen molar-refractivity contribution in [2.75, 3.05) is 10.0 Å². The Balaban J connectivity index is 1.48. The Kier molecular flexibility index (Phi) is 5.93. The number of sulfonamides is 1. The van der Waals surface area contributed by atoms with Crippen molar-refractivity contribution in [2.24, 2.45) is 0 Å². The zero-order chi connectivity index (χ0) is 23.6. The first-order valence-electron chi connectivity index (χ1n) is 10.1. The third kappa shape index (κ3) is 4.75. The van der Waals surface area contributed by atoms with E-state index in [1.807, 2.05) is 39.0 Å². The molecule has 0 atom stereocenters. The highest BCUT2D eigenvalue weighted by Gasteiger charge is 2.17. The topological polar surface area (TPSA) is 119 Å². The van der Waals surface area contributed by atoms with Crippen LogP contribution in [-0.4, -0.2) is 34.5 Å². The summed E-state index contributed by atoms with van der Waals surface area (Å²) in [6, 6.07) is 16.8. The van der Waals surface area contributed by atoms with Gasteiger partial charge in [-0.1, -0.05) is 18.2 Å². The molecule has 0 aliphatic carbocycles. The Hall–Kier alpha value is -4.05. The molecule has 0 spiro atoms. The van der Waals surface area contributed by atoms with E-state index >= 15 is 0 Å². The first-order chi connectivity index (χ1) is 15.7. The van der Waals surface area contributed by atoms with Crippen molar-refractivity contribution in [1.29, 1.82) is 0 Å². The Morgan fingerprint density at radius 1 is 0.909 bits per heavy atom. The van der Waals surface area contributed by atoms with E-state index in [1.165, 1.54) is 23.1 Å². The van der Waals surface area contributed by atoms with Gasteiger partial charge >= 0.3 is 0 Å². The molecule has 0 bridgehead atoms. The van der Waals surface area contributed by atoms with Crippen molar-refractivity contribution in [3.05, 3.63) is 89.2 Å². The van der Waals surface area contributed by atoms with E-state index in [1.54, 1.807) is 30.3 Å². The van der Waals surface area contributed by atoms with Crippen molar-refractivity contribution in [1.82, 2.24) is 20.2 Å². The van der Waals surface area contributed by atoms with Gasteiger partial charge in [0.15, 0.2) is 0 Å². The van der Waals surface area contributed by atoms with Crippen LogP contribution in [0.15, 0.2) is 71.9 Å². The van der Waals surface area contributed by atoms with E-state index in [4.69, 9.17) is 0 Å². The van der Waals surface area contributed by atoms with Crippen molar-refractivity contribution in [3.63, 3.8) is 0 Å². The number of anilines is 2. The molecule has 1 heterocycles. The molecule has 0 unspecified atom stereocenters. The van der Waals surface area contributed by atoms with Gasteiger partial charge in [0.1, 0.15) is 6.33 Å². The average molecular weight is 463 g/mol. The molecule has 0 saturated heterocycles. The smallest absolute Gasteiger partial charge is 0.261 e. The Bertz CT molecular complexity index is 1400. The summed E-state index contributed by atoms with van der Waals surface area (Å²) in [5.41, 5.74) is 4.77. The van der Waals surface area contributed by atoms with E-state index in [-0.39, 0.29) is 10.8 Å². The van der Waals surface area contributed by atoms with Crippen LogP contribution >= 0.6 is 0 Å². The first kappa shape index (κ1) is 22.2. The quantitative estimate of drug-likeness (QED) is 0.452. The van der Waals surface area contributed by atoms with Crippen molar-refractivity contribution < 1.29 is 13.2 Å². The normalized spacial score (nSPS) is 11.2. The van der Waals surface area contributed by atoms with Crippen LogP contribution in [0.1, 0.15) is 27.0 Å². The zero-order valence-corrected chi connectivity index (χ0v) is 19.1. The Morgan fingerprint density at radius 3 is 2.21 bits per heavy atom. The number of tetrazole rings is 1. The van der Waals surface area contributed by atoms with Gasteiger partial charge in [-0.25, -0.2) is 13.1 Å². The summed E-state index contributed by atoms with van der Waals surface area (Å²) >= 11 is 0. The maximum Gasteiger partial charge on any atom is 0.261 e. The highest BCUT2D eigenvalue weighted by molar-refractivity contribution is 7.92. The van der Waals surface area contributed by atoms with Crippen molar-refractivity contribution >= 4 is 27.3 Å². The number of carbonyl (C=O) groups excluding carboxylic acids is 1. The lowest BCUT2D eigenvalue weighted by atomic mass is 10.1. The predicted octanol–water partition coefficient (Wildman–Crippen LogP) is 3.64. The minimum atomic E-state index is -3.77. The Morgan fingerprint density at radius 2 is 1.61 bits per heavy atom. The van der Waals surface area contributed by atoms with E-state index in [2.05, 4.69) is 25.6 Å². The molecule has 0 aliphatic heterocycles. The third-order valence-electron chi connectivity index (χ3n) is 5.19. The van der Waals surface area contributed by atoms with Gasteiger partial charge in [0, 0.05) is 11.3 Å². The van der Waals surface area contributed by atoms with E-state index in [0.717, 1.165) is 22.4 Å². The summed E-state index contributed by atoms with van der Waals surface area (Å²) in [7, 11) is -3.77. The number of nitrogens with one attached hydrogen (secondary N) is 2. The van der Waals surface area contributed by atoms with Crippen LogP contribution in [0.25, 0.3) is 5.69 Å². The molecule has 9 nitrogen and oxygen atoms in total. The van der Waals surface area contributed by atoms with Crippen LogP contribution in [0.5, 0.6) is 0 Å². The number of amides is 1. The Labute approximate surface area is 191 Å². The fourth-order valence-electron chi connectivity index (χ4n) is 3.41. The number of hydrogen-bond donors (Lipinski definition) is 2. The van der Waals surface area contributed by atoms with Crippen LogP contribution in [0.4, 0.5) is 11.4 Å². The molecule has 0 radical (unpaired) electrons. The molecule has 0 fully saturated rings. The van der Waals surface area contributed by atoms with Gasteiger partial charge in [0.05, 0.1) is 16.3 Å². The van der Waals surface area contributed by atoms with E-state index in [0.29, 0.717) is 16.9 Å². The summed E-state index contributed by atoms with van der Waals surface area (Å²) in [6.07, 6.45) is 1.48. The minimum absolute atomic E-state index is 0.102. The number of aryl methyl sites for hydroxylation is 3. The lowest BCUT2D eigenvalue weighted by Gasteiger charge is -2.13. The summed E-state index contributed by atoms with van der Waals surface area (Å²) in [5, 5.41) is 13.9. The third-order valence-corrected chi connectivity index (χ3v) is 6.56. The highest BCUT2D eigenvalue weighted by Crippen LogP contribution is 2.24. The molecule has 1 amide bonds. The van der Waals surface area contributed by atoms with Crippen molar-refractivity contribution in [2.45, 2.75) is 25.7 Å². The van der Waals surface area contributed by atoms with Gasteiger partial charge in [-0.15, -0.1) is 5.10 Å². The summed E-state index contributed by atoms with van der Waals surface area (Å²) in [6.45, 7) is 5.55. The number of hydrogen-bond acceptors (Lipinski definition) is 6. The summed E-state index contributed by atoms with van der Waals surface area (Å²) in [5.74, 6) is -0.314. The number of benzene rings is 3. The van der Waals surface area contributed by atoms with Crippen LogP contribution in [-0.2, 0) is 10.0 Å². The van der Waals surface area contributed by atoms with Gasteiger partial charge < -0.3 is 5.32 Å². The fraction of sp³-hybridized carbons (Fsp3) is 0.130. The lowest BCUT2D eigenvalue weighted by Crippen LogP contribution is -2.15. The second-order valence-corrected chi connectivity index (χ2v) is 9.29. The predicted molar refractivity (Wildman–Crippen MR) is 125 cm³/mol. The minimum Gasteiger partial charge on any atom is -0.322 e. The molecule has 168 valence electrons. The van der Waals surface area contributed by atoms with Crippen molar-refractivity contribution in [3.8, 4) is 5.69 Å². The number of para-hydroxylation sites is 1.